The van der Waals surface area contributed by atoms with Gasteiger partial charge in [-0.05, 0) is 61.9 Å². The largest absolute Gasteiger partial charge is 0.279 e. The highest BCUT2D eigenvalue weighted by Crippen LogP contribution is 2.31. The lowest BCUT2D eigenvalue weighted by Gasteiger charge is -2.22. The molecular weight excluding hydrogens is 456 g/mol. The Hall–Kier alpha value is -3.14. The van der Waals surface area contributed by atoms with Crippen LogP contribution in [0.4, 0.5) is 5.13 Å². The second kappa shape index (κ2) is 9.38. The SMILES string of the molecule is CC(C)N(C)S(=O)(=O)c1ccc(C(=O)N(Cc2cccnc2)c2nc3ccccc3s2)cc1. The number of hydrogen-bond donors (Lipinski definition) is 0. The average molecular weight is 481 g/mol. The van der Waals surface area contributed by atoms with Crippen molar-refractivity contribution < 1.29 is 13.2 Å². The number of thiazole rings is 1. The molecule has 0 unspecified atom stereocenters. The first-order chi connectivity index (χ1) is 15.8. The number of pyridine rings is 1. The minimum Gasteiger partial charge on any atom is -0.279 e. The molecule has 0 aliphatic heterocycles. The van der Waals surface area contributed by atoms with Gasteiger partial charge < -0.3 is 0 Å². The third-order valence-corrected chi connectivity index (χ3v) is 8.43. The van der Waals surface area contributed by atoms with Crippen LogP contribution in [0.3, 0.4) is 0 Å². The average Bonchev–Trinajstić information content (AvgIpc) is 3.26. The summed E-state index contributed by atoms with van der Waals surface area (Å²) in [7, 11) is -2.09. The molecule has 0 atom stereocenters. The molecule has 0 radical (unpaired) electrons. The molecular formula is C24H24N4O3S2. The number of amides is 1. The van der Waals surface area contributed by atoms with Crippen molar-refractivity contribution >= 4 is 42.6 Å². The molecule has 0 N–H and O–H groups in total. The van der Waals surface area contributed by atoms with Crippen molar-refractivity contribution in [2.24, 2.45) is 0 Å². The molecule has 4 rings (SSSR count). The van der Waals surface area contributed by atoms with Gasteiger partial charge in [0.05, 0.1) is 21.7 Å². The Bertz CT molecular complexity index is 1330. The van der Waals surface area contributed by atoms with Crippen LogP contribution in [0, 0.1) is 0 Å². The van der Waals surface area contributed by atoms with Gasteiger partial charge in [-0.15, -0.1) is 0 Å². The number of para-hydroxylation sites is 1. The van der Waals surface area contributed by atoms with Crippen LogP contribution in [0.2, 0.25) is 0 Å². The molecule has 0 fully saturated rings. The predicted octanol–water partition coefficient (Wildman–Crippen LogP) is 4.57. The summed E-state index contributed by atoms with van der Waals surface area (Å²) in [6, 6.07) is 17.3. The van der Waals surface area contributed by atoms with Crippen molar-refractivity contribution in [1.29, 1.82) is 0 Å². The second-order valence-electron chi connectivity index (χ2n) is 7.86. The van der Waals surface area contributed by atoms with Gasteiger partial charge in [-0.2, -0.15) is 4.31 Å². The van der Waals surface area contributed by atoms with E-state index in [9.17, 15) is 13.2 Å². The Morgan fingerprint density at radius 3 is 2.39 bits per heavy atom. The topological polar surface area (TPSA) is 83.5 Å². The monoisotopic (exact) mass is 480 g/mol. The van der Waals surface area contributed by atoms with Crippen LogP contribution >= 0.6 is 11.3 Å². The summed E-state index contributed by atoms with van der Waals surface area (Å²) in [6.45, 7) is 3.91. The highest BCUT2D eigenvalue weighted by Gasteiger charge is 2.25. The van der Waals surface area contributed by atoms with Crippen molar-refractivity contribution in [3.63, 3.8) is 0 Å². The fraction of sp³-hybridized carbons (Fsp3) is 0.208. The number of sulfonamides is 1. The molecule has 2 heterocycles. The summed E-state index contributed by atoms with van der Waals surface area (Å²) in [4.78, 5) is 24.1. The van der Waals surface area contributed by atoms with Gasteiger partial charge >= 0.3 is 0 Å². The Kier molecular flexibility index (Phi) is 6.55. The van der Waals surface area contributed by atoms with E-state index in [1.807, 2.05) is 50.2 Å². The molecule has 4 aromatic rings. The quantitative estimate of drug-likeness (QED) is 0.387. The van der Waals surface area contributed by atoms with Crippen LogP contribution in [0.1, 0.15) is 29.8 Å². The first-order valence-corrected chi connectivity index (χ1v) is 12.7. The van der Waals surface area contributed by atoms with E-state index in [2.05, 4.69) is 9.97 Å². The Balaban J connectivity index is 1.69. The standard InChI is InChI=1S/C24H24N4O3S2/c1-17(2)27(3)33(30,31)20-12-10-19(11-13-20)23(29)28(16-18-7-6-14-25-15-18)24-26-21-8-4-5-9-22(21)32-24/h4-15,17H,16H2,1-3H3. The van der Waals surface area contributed by atoms with Crippen LogP contribution in [0.25, 0.3) is 10.2 Å². The number of nitrogens with zero attached hydrogens (tertiary/aromatic N) is 4. The van der Waals surface area contributed by atoms with Crippen molar-refractivity contribution in [1.82, 2.24) is 14.3 Å². The van der Waals surface area contributed by atoms with Gasteiger partial charge in [0.15, 0.2) is 5.13 Å². The smallest absolute Gasteiger partial charge is 0.260 e. The third-order valence-electron chi connectivity index (χ3n) is 5.33. The number of carbonyl (C=O) groups excluding carboxylic acids is 1. The number of aromatic nitrogens is 2. The van der Waals surface area contributed by atoms with Gasteiger partial charge in [-0.1, -0.05) is 29.5 Å². The van der Waals surface area contributed by atoms with Crippen molar-refractivity contribution in [2.75, 3.05) is 11.9 Å². The van der Waals surface area contributed by atoms with Crippen molar-refractivity contribution in [3.8, 4) is 0 Å². The third kappa shape index (κ3) is 4.80. The van der Waals surface area contributed by atoms with Gasteiger partial charge in [-0.25, -0.2) is 13.4 Å². The summed E-state index contributed by atoms with van der Waals surface area (Å²) in [5.74, 6) is -0.265. The van der Waals surface area contributed by atoms with Crippen LogP contribution < -0.4 is 4.90 Å². The molecule has 7 nitrogen and oxygen atoms in total. The van der Waals surface area contributed by atoms with E-state index in [4.69, 9.17) is 0 Å². The Morgan fingerprint density at radius 2 is 1.76 bits per heavy atom. The molecule has 0 aliphatic rings. The normalized spacial score (nSPS) is 11.9. The zero-order valence-electron chi connectivity index (χ0n) is 18.5. The molecule has 0 bridgehead atoms. The first kappa shape index (κ1) is 23.0. The molecule has 0 saturated heterocycles. The van der Waals surface area contributed by atoms with Crippen LogP contribution in [-0.4, -0.2) is 41.7 Å². The van der Waals surface area contributed by atoms with E-state index in [0.29, 0.717) is 17.2 Å². The van der Waals surface area contributed by atoms with E-state index in [1.54, 1.807) is 36.5 Å². The zero-order valence-corrected chi connectivity index (χ0v) is 20.2. The number of benzene rings is 2. The minimum atomic E-state index is -3.63. The molecule has 0 spiro atoms. The number of anilines is 1. The molecule has 0 saturated carbocycles. The van der Waals surface area contributed by atoms with E-state index < -0.39 is 10.0 Å². The molecule has 170 valence electrons. The highest BCUT2D eigenvalue weighted by molar-refractivity contribution is 7.89. The summed E-state index contributed by atoms with van der Waals surface area (Å²) >= 11 is 1.43. The molecule has 1 amide bonds. The summed E-state index contributed by atoms with van der Waals surface area (Å²) in [6.07, 6.45) is 3.39. The number of fused-ring (bicyclic) bond motifs is 1. The van der Waals surface area contributed by atoms with Crippen molar-refractivity contribution in [3.05, 3.63) is 84.2 Å². The van der Waals surface area contributed by atoms with E-state index in [1.165, 1.54) is 27.8 Å². The lowest BCUT2D eigenvalue weighted by atomic mass is 10.2. The first-order valence-electron chi connectivity index (χ1n) is 10.4. The highest BCUT2D eigenvalue weighted by atomic mass is 32.2. The van der Waals surface area contributed by atoms with Gasteiger partial charge in [0.1, 0.15) is 0 Å². The molecule has 9 heteroatoms. The maximum absolute atomic E-state index is 13.5. The van der Waals surface area contributed by atoms with Crippen LogP contribution in [0.5, 0.6) is 0 Å². The minimum absolute atomic E-state index is 0.147. The van der Waals surface area contributed by atoms with E-state index >= 15 is 0 Å². The zero-order chi connectivity index (χ0) is 23.6. The van der Waals surface area contributed by atoms with Gasteiger partial charge in [-0.3, -0.25) is 14.7 Å². The number of hydrogen-bond acceptors (Lipinski definition) is 6. The second-order valence-corrected chi connectivity index (χ2v) is 10.9. The number of carbonyl (C=O) groups is 1. The van der Waals surface area contributed by atoms with E-state index in [0.717, 1.165) is 15.8 Å². The lowest BCUT2D eigenvalue weighted by molar-refractivity contribution is 0.0985. The molecule has 0 aliphatic carbocycles. The van der Waals surface area contributed by atoms with Crippen LogP contribution in [-0.2, 0) is 16.6 Å². The fourth-order valence-corrected chi connectivity index (χ4v) is 5.58. The molecule has 2 aromatic carbocycles. The Labute approximate surface area is 197 Å². The van der Waals surface area contributed by atoms with Gasteiger partial charge in [0, 0.05) is 31.0 Å². The van der Waals surface area contributed by atoms with Crippen LogP contribution in [0.15, 0.2) is 78.0 Å². The fourth-order valence-electron chi connectivity index (χ4n) is 3.25. The van der Waals surface area contributed by atoms with Crippen molar-refractivity contribution in [2.45, 2.75) is 31.3 Å². The Morgan fingerprint density at radius 1 is 1.03 bits per heavy atom. The molecule has 33 heavy (non-hydrogen) atoms. The number of rotatable bonds is 7. The maximum atomic E-state index is 13.5. The van der Waals surface area contributed by atoms with Gasteiger partial charge in [0.2, 0.25) is 10.0 Å². The van der Waals surface area contributed by atoms with E-state index in [-0.39, 0.29) is 16.8 Å². The summed E-state index contributed by atoms with van der Waals surface area (Å²) in [5, 5.41) is 0.571. The van der Waals surface area contributed by atoms with Gasteiger partial charge in [0.25, 0.3) is 5.91 Å². The maximum Gasteiger partial charge on any atom is 0.260 e. The molecule has 2 aromatic heterocycles. The lowest BCUT2D eigenvalue weighted by Crippen LogP contribution is -2.33. The predicted molar refractivity (Wildman–Crippen MR) is 131 cm³/mol. The summed E-state index contributed by atoms with van der Waals surface area (Å²) in [5.41, 5.74) is 2.06. The summed E-state index contributed by atoms with van der Waals surface area (Å²) < 4.78 is 27.8.